The zero-order valence-electron chi connectivity index (χ0n) is 10.6. The lowest BCUT2D eigenvalue weighted by Gasteiger charge is -2.29. The molecule has 0 bridgehead atoms. The van der Waals surface area contributed by atoms with Gasteiger partial charge in [0, 0.05) is 38.8 Å². The predicted molar refractivity (Wildman–Crippen MR) is 67.2 cm³/mol. The van der Waals surface area contributed by atoms with Gasteiger partial charge in [-0.1, -0.05) is 0 Å². The molecule has 1 heterocycles. The van der Waals surface area contributed by atoms with Crippen molar-refractivity contribution < 1.29 is 18.6 Å². The summed E-state index contributed by atoms with van der Waals surface area (Å²) in [6, 6.07) is 3.11. The van der Waals surface area contributed by atoms with Crippen LogP contribution in [0.3, 0.4) is 0 Å². The molecular weight excluding hydrogens is 254 g/mol. The number of ether oxygens (including phenoxy) is 1. The fraction of sp³-hybridized carbons (Fsp3) is 0.538. The molecule has 0 aliphatic carbocycles. The molecule has 1 aromatic rings. The maximum atomic E-state index is 13.3. The van der Waals surface area contributed by atoms with E-state index in [4.69, 9.17) is 4.74 Å². The zero-order chi connectivity index (χ0) is 13.7. The summed E-state index contributed by atoms with van der Waals surface area (Å²) < 4.78 is 31.2. The molecule has 0 amide bonds. The highest BCUT2D eigenvalue weighted by Gasteiger charge is 2.15. The van der Waals surface area contributed by atoms with E-state index in [2.05, 4.69) is 10.2 Å². The number of piperazine rings is 1. The second-order valence-electron chi connectivity index (χ2n) is 4.59. The van der Waals surface area contributed by atoms with Crippen LogP contribution in [0, 0.1) is 11.6 Å². The largest absolute Gasteiger partial charge is 0.488 e. The van der Waals surface area contributed by atoms with E-state index < -0.39 is 17.7 Å². The molecule has 1 fully saturated rings. The smallest absolute Gasteiger partial charge is 0.167 e. The topological polar surface area (TPSA) is 44.7 Å². The summed E-state index contributed by atoms with van der Waals surface area (Å²) in [5.74, 6) is -1.44. The average Bonchev–Trinajstić information content (AvgIpc) is 2.39. The second kappa shape index (κ2) is 6.79. The Kier molecular flexibility index (Phi) is 5.07. The highest BCUT2D eigenvalue weighted by atomic mass is 19.1. The van der Waals surface area contributed by atoms with Crippen LogP contribution < -0.4 is 10.1 Å². The lowest BCUT2D eigenvalue weighted by atomic mass is 10.3. The number of rotatable bonds is 5. The van der Waals surface area contributed by atoms with Gasteiger partial charge >= 0.3 is 0 Å². The molecule has 6 heteroatoms. The molecule has 0 spiro atoms. The van der Waals surface area contributed by atoms with Crippen LogP contribution in [-0.4, -0.2) is 55.4 Å². The third kappa shape index (κ3) is 4.41. The van der Waals surface area contributed by atoms with Gasteiger partial charge in [-0.15, -0.1) is 0 Å². The Bertz CT molecular complexity index is 412. The summed E-state index contributed by atoms with van der Waals surface area (Å²) in [6.07, 6.45) is -0.692. The van der Waals surface area contributed by atoms with Crippen LogP contribution in [0.2, 0.25) is 0 Å². The molecule has 0 radical (unpaired) electrons. The Morgan fingerprint density at radius 3 is 2.74 bits per heavy atom. The summed E-state index contributed by atoms with van der Waals surface area (Å²) in [4.78, 5) is 2.12. The molecule has 19 heavy (non-hydrogen) atoms. The number of nitrogens with one attached hydrogen (secondary N) is 1. The van der Waals surface area contributed by atoms with E-state index in [1.807, 2.05) is 0 Å². The predicted octanol–water partition coefficient (Wildman–Crippen LogP) is 0.610. The maximum Gasteiger partial charge on any atom is 0.167 e. The van der Waals surface area contributed by atoms with E-state index in [0.29, 0.717) is 6.54 Å². The lowest BCUT2D eigenvalue weighted by molar-refractivity contribution is 0.0628. The van der Waals surface area contributed by atoms with Crippen LogP contribution in [0.15, 0.2) is 18.2 Å². The normalized spacial score (nSPS) is 18.3. The third-order valence-corrected chi connectivity index (χ3v) is 3.00. The zero-order valence-corrected chi connectivity index (χ0v) is 10.6. The van der Waals surface area contributed by atoms with Crippen LogP contribution in [0.1, 0.15) is 0 Å². The molecule has 0 aromatic heterocycles. The third-order valence-electron chi connectivity index (χ3n) is 3.00. The van der Waals surface area contributed by atoms with Crippen molar-refractivity contribution >= 4 is 0 Å². The molecule has 2 N–H and O–H groups in total. The Balaban J connectivity index is 1.77. The van der Waals surface area contributed by atoms with Crippen molar-refractivity contribution in [3.8, 4) is 5.75 Å². The Morgan fingerprint density at radius 2 is 2.05 bits per heavy atom. The summed E-state index contributed by atoms with van der Waals surface area (Å²) in [5, 5.41) is 13.0. The number of aliphatic hydroxyl groups is 1. The van der Waals surface area contributed by atoms with Gasteiger partial charge in [-0.3, -0.25) is 4.90 Å². The van der Waals surface area contributed by atoms with Gasteiger partial charge in [0.05, 0.1) is 0 Å². The first-order valence-corrected chi connectivity index (χ1v) is 6.34. The fourth-order valence-corrected chi connectivity index (χ4v) is 2.02. The molecule has 1 aliphatic rings. The summed E-state index contributed by atoms with van der Waals surface area (Å²) in [6.45, 7) is 4.04. The van der Waals surface area contributed by atoms with Gasteiger partial charge in [0.2, 0.25) is 0 Å². The van der Waals surface area contributed by atoms with Crippen molar-refractivity contribution in [2.24, 2.45) is 0 Å². The maximum absolute atomic E-state index is 13.3. The first kappa shape index (κ1) is 14.2. The first-order chi connectivity index (χ1) is 9.15. The van der Waals surface area contributed by atoms with Crippen molar-refractivity contribution in [3.63, 3.8) is 0 Å². The molecule has 1 saturated heterocycles. The van der Waals surface area contributed by atoms with Gasteiger partial charge < -0.3 is 15.2 Å². The average molecular weight is 272 g/mol. The molecule has 1 aliphatic heterocycles. The van der Waals surface area contributed by atoms with Gasteiger partial charge in [0.25, 0.3) is 0 Å². The van der Waals surface area contributed by atoms with E-state index in [-0.39, 0.29) is 12.4 Å². The van der Waals surface area contributed by atoms with Gasteiger partial charge in [-0.2, -0.15) is 0 Å². The minimum atomic E-state index is -0.755. The molecule has 4 nitrogen and oxygen atoms in total. The number of hydrogen-bond donors (Lipinski definition) is 2. The van der Waals surface area contributed by atoms with Crippen molar-refractivity contribution in [3.05, 3.63) is 29.8 Å². The second-order valence-corrected chi connectivity index (χ2v) is 4.59. The van der Waals surface area contributed by atoms with E-state index in [1.54, 1.807) is 0 Å². The van der Waals surface area contributed by atoms with Gasteiger partial charge in [0.1, 0.15) is 18.5 Å². The molecule has 1 unspecified atom stereocenters. The van der Waals surface area contributed by atoms with Gasteiger partial charge in [0.15, 0.2) is 11.6 Å². The van der Waals surface area contributed by atoms with Crippen molar-refractivity contribution in [2.45, 2.75) is 6.10 Å². The highest BCUT2D eigenvalue weighted by molar-refractivity contribution is 5.24. The van der Waals surface area contributed by atoms with Crippen LogP contribution in [0.4, 0.5) is 8.78 Å². The highest BCUT2D eigenvalue weighted by Crippen LogP contribution is 2.17. The Hall–Kier alpha value is -1.24. The lowest BCUT2D eigenvalue weighted by Crippen LogP contribution is -2.47. The molecule has 0 saturated carbocycles. The van der Waals surface area contributed by atoms with Gasteiger partial charge in [-0.05, 0) is 12.1 Å². The fourth-order valence-electron chi connectivity index (χ4n) is 2.02. The van der Waals surface area contributed by atoms with E-state index in [9.17, 15) is 13.9 Å². The molecular formula is C13H18F2N2O2. The number of hydrogen-bond acceptors (Lipinski definition) is 4. The summed E-state index contributed by atoms with van der Waals surface area (Å²) in [5.41, 5.74) is 0. The Morgan fingerprint density at radius 1 is 1.32 bits per heavy atom. The number of aliphatic hydroxyl groups excluding tert-OH is 1. The standard InChI is InChI=1S/C13H18F2N2O2/c14-10-1-2-13(12(15)7-10)19-9-11(18)8-17-5-3-16-4-6-17/h1-2,7,11,16,18H,3-6,8-9H2. The SMILES string of the molecule is OC(COc1ccc(F)cc1F)CN1CCNCC1. The quantitative estimate of drug-likeness (QED) is 0.824. The molecule has 106 valence electrons. The van der Waals surface area contributed by atoms with Crippen molar-refractivity contribution in [1.29, 1.82) is 0 Å². The van der Waals surface area contributed by atoms with E-state index in [1.165, 1.54) is 6.07 Å². The van der Waals surface area contributed by atoms with Crippen LogP contribution in [0.25, 0.3) is 0 Å². The van der Waals surface area contributed by atoms with Crippen molar-refractivity contribution in [1.82, 2.24) is 10.2 Å². The number of β-amino-alcohol motifs (C(OH)–C–C–N with tert-alkyl or cyclic N) is 1. The number of halogens is 2. The van der Waals surface area contributed by atoms with Crippen LogP contribution in [0.5, 0.6) is 5.75 Å². The van der Waals surface area contributed by atoms with Crippen LogP contribution in [-0.2, 0) is 0 Å². The van der Waals surface area contributed by atoms with E-state index in [0.717, 1.165) is 38.3 Å². The Labute approximate surface area is 111 Å². The summed E-state index contributed by atoms with van der Waals surface area (Å²) >= 11 is 0. The van der Waals surface area contributed by atoms with Crippen LogP contribution >= 0.6 is 0 Å². The minimum absolute atomic E-state index is 0.00746. The van der Waals surface area contributed by atoms with Gasteiger partial charge in [-0.25, -0.2) is 8.78 Å². The summed E-state index contributed by atoms with van der Waals surface area (Å²) in [7, 11) is 0. The van der Waals surface area contributed by atoms with E-state index >= 15 is 0 Å². The number of benzene rings is 1. The first-order valence-electron chi connectivity index (χ1n) is 6.34. The monoisotopic (exact) mass is 272 g/mol. The van der Waals surface area contributed by atoms with Crippen molar-refractivity contribution in [2.75, 3.05) is 39.3 Å². The molecule has 1 aromatic carbocycles. The molecule has 2 rings (SSSR count). The number of nitrogens with zero attached hydrogens (tertiary/aromatic N) is 1. The molecule has 1 atom stereocenters. The minimum Gasteiger partial charge on any atom is -0.488 e.